The molecule has 138 valence electrons. The summed E-state index contributed by atoms with van der Waals surface area (Å²) in [6, 6.07) is 7.86. The molecule has 0 unspecified atom stereocenters. The van der Waals surface area contributed by atoms with Crippen molar-refractivity contribution in [1.82, 2.24) is 4.90 Å². The van der Waals surface area contributed by atoms with Crippen LogP contribution in [0, 0.1) is 11.8 Å². The van der Waals surface area contributed by atoms with Gasteiger partial charge in [-0.05, 0) is 38.5 Å². The second kappa shape index (κ2) is 6.20. The van der Waals surface area contributed by atoms with Gasteiger partial charge in [-0.25, -0.2) is 0 Å². The van der Waals surface area contributed by atoms with Crippen LogP contribution in [0.5, 0.6) is 0 Å². The Morgan fingerprint density at radius 2 is 2.00 bits per heavy atom. The molecular formula is C20H22BrNO4. The van der Waals surface area contributed by atoms with Crippen LogP contribution in [0.4, 0.5) is 0 Å². The lowest BCUT2D eigenvalue weighted by atomic mass is 9.77. The number of rotatable bonds is 4. The number of hydrogen-bond acceptors (Lipinski definition) is 4. The van der Waals surface area contributed by atoms with Crippen LogP contribution in [-0.2, 0) is 19.1 Å². The van der Waals surface area contributed by atoms with Crippen molar-refractivity contribution in [3.05, 3.63) is 46.5 Å². The fourth-order valence-electron chi connectivity index (χ4n) is 4.36. The van der Waals surface area contributed by atoms with Gasteiger partial charge in [0, 0.05) is 4.47 Å². The van der Waals surface area contributed by atoms with Crippen molar-refractivity contribution in [1.29, 1.82) is 0 Å². The lowest BCUT2D eigenvalue weighted by Gasteiger charge is -2.27. The van der Waals surface area contributed by atoms with Crippen molar-refractivity contribution in [2.24, 2.45) is 11.8 Å². The molecule has 5 atom stereocenters. The molecule has 0 saturated carbocycles. The summed E-state index contributed by atoms with van der Waals surface area (Å²) in [5.41, 5.74) is 0.351. The quantitative estimate of drug-likeness (QED) is 0.555. The van der Waals surface area contributed by atoms with E-state index in [1.165, 1.54) is 0 Å². The average Bonchev–Trinajstić information content (AvgIpc) is 3.22. The van der Waals surface area contributed by atoms with Gasteiger partial charge >= 0.3 is 5.97 Å². The number of likely N-dealkylation sites (tertiary alicyclic amines) is 1. The Kier molecular flexibility index (Phi) is 4.23. The Balaban J connectivity index is 1.61. The van der Waals surface area contributed by atoms with E-state index in [0.29, 0.717) is 6.54 Å². The van der Waals surface area contributed by atoms with Crippen LogP contribution in [0.25, 0.3) is 0 Å². The van der Waals surface area contributed by atoms with Gasteiger partial charge in [-0.2, -0.15) is 0 Å². The van der Waals surface area contributed by atoms with Gasteiger partial charge in [0.2, 0.25) is 5.91 Å². The second-order valence-corrected chi connectivity index (χ2v) is 8.49. The molecule has 0 radical (unpaired) electrons. The molecule has 2 bridgehead atoms. The van der Waals surface area contributed by atoms with Crippen LogP contribution in [0.1, 0.15) is 32.4 Å². The molecule has 3 aliphatic rings. The van der Waals surface area contributed by atoms with E-state index in [1.807, 2.05) is 62.1 Å². The maximum atomic E-state index is 13.2. The predicted molar refractivity (Wildman–Crippen MR) is 99.2 cm³/mol. The van der Waals surface area contributed by atoms with E-state index >= 15 is 0 Å². The molecule has 0 aliphatic carbocycles. The van der Waals surface area contributed by atoms with E-state index in [0.717, 1.165) is 10.0 Å². The topological polar surface area (TPSA) is 55.8 Å². The molecule has 4 rings (SSSR count). The number of esters is 1. The first kappa shape index (κ1) is 17.7. The fraction of sp³-hybridized carbons (Fsp3) is 0.500. The van der Waals surface area contributed by atoms with Crippen molar-refractivity contribution in [3.63, 3.8) is 0 Å². The number of fused-ring (bicyclic) bond motifs is 1. The van der Waals surface area contributed by atoms with E-state index in [4.69, 9.17) is 9.47 Å². The molecule has 2 fully saturated rings. The van der Waals surface area contributed by atoms with Crippen LogP contribution in [0.2, 0.25) is 0 Å². The molecule has 0 aromatic heterocycles. The van der Waals surface area contributed by atoms with Gasteiger partial charge in [-0.3, -0.25) is 9.59 Å². The van der Waals surface area contributed by atoms with Gasteiger partial charge < -0.3 is 14.4 Å². The Bertz CT molecular complexity index is 775. The number of carbonyl (C=O) groups is 2. The van der Waals surface area contributed by atoms with Gasteiger partial charge in [0.15, 0.2) is 0 Å². The summed E-state index contributed by atoms with van der Waals surface area (Å²) in [6.07, 6.45) is 3.30. The molecule has 1 spiro atoms. The van der Waals surface area contributed by atoms with Crippen molar-refractivity contribution in [2.45, 2.75) is 44.6 Å². The maximum Gasteiger partial charge on any atom is 0.313 e. The minimum atomic E-state index is -0.702. The van der Waals surface area contributed by atoms with E-state index in [9.17, 15) is 9.59 Å². The minimum Gasteiger partial charge on any atom is -0.463 e. The first-order valence-corrected chi connectivity index (χ1v) is 9.75. The van der Waals surface area contributed by atoms with Gasteiger partial charge in [0.25, 0.3) is 0 Å². The Morgan fingerprint density at radius 1 is 1.31 bits per heavy atom. The summed E-state index contributed by atoms with van der Waals surface area (Å²) in [5.74, 6) is -1.43. The molecular weight excluding hydrogens is 398 g/mol. The molecule has 5 nitrogen and oxygen atoms in total. The van der Waals surface area contributed by atoms with Gasteiger partial charge in [-0.1, -0.05) is 40.2 Å². The highest BCUT2D eigenvalue weighted by atomic mass is 79.9. The summed E-state index contributed by atoms with van der Waals surface area (Å²) in [6.45, 7) is 6.11. The molecule has 26 heavy (non-hydrogen) atoms. The molecule has 1 aromatic carbocycles. The highest BCUT2D eigenvalue weighted by Crippen LogP contribution is 2.53. The summed E-state index contributed by atoms with van der Waals surface area (Å²) in [4.78, 5) is 27.7. The standard InChI is InChI=1S/C20H22BrNO4/c1-11(2)25-19(24)16-15-8-9-20(26-15)10-22(18(23)17(16)20)12(3)13-4-6-14(21)7-5-13/h4-9,11-12,15-17H,10H2,1-3H3/t12-,15-,16-,17-,20+/m1/s1. The second-order valence-electron chi connectivity index (χ2n) is 7.58. The lowest BCUT2D eigenvalue weighted by molar-refractivity contribution is -0.157. The third-order valence-electron chi connectivity index (χ3n) is 5.57. The molecule has 3 aliphatic heterocycles. The van der Waals surface area contributed by atoms with Gasteiger partial charge in [0.1, 0.15) is 11.5 Å². The van der Waals surface area contributed by atoms with E-state index in [2.05, 4.69) is 15.9 Å². The summed E-state index contributed by atoms with van der Waals surface area (Å²) < 4.78 is 12.5. The molecule has 0 N–H and O–H groups in total. The van der Waals surface area contributed by atoms with E-state index in [1.54, 1.807) is 0 Å². The van der Waals surface area contributed by atoms with Crippen LogP contribution in [0.3, 0.4) is 0 Å². The van der Waals surface area contributed by atoms with Crippen molar-refractivity contribution < 1.29 is 19.1 Å². The van der Waals surface area contributed by atoms with E-state index in [-0.39, 0.29) is 30.1 Å². The molecule has 3 heterocycles. The van der Waals surface area contributed by atoms with Crippen LogP contribution >= 0.6 is 15.9 Å². The van der Waals surface area contributed by atoms with Crippen molar-refractivity contribution in [2.75, 3.05) is 6.54 Å². The number of ether oxygens (including phenoxy) is 2. The Morgan fingerprint density at radius 3 is 2.65 bits per heavy atom. The number of nitrogens with zero attached hydrogens (tertiary/aromatic N) is 1. The molecule has 1 aromatic rings. The molecule has 1 amide bonds. The van der Waals surface area contributed by atoms with Crippen molar-refractivity contribution >= 4 is 27.8 Å². The summed E-state index contributed by atoms with van der Waals surface area (Å²) in [5, 5.41) is 0. The smallest absolute Gasteiger partial charge is 0.313 e. The van der Waals surface area contributed by atoms with Crippen LogP contribution in [-0.4, -0.2) is 41.1 Å². The highest BCUT2D eigenvalue weighted by Gasteiger charge is 2.67. The Hall–Kier alpha value is -1.66. The van der Waals surface area contributed by atoms with Gasteiger partial charge in [-0.15, -0.1) is 0 Å². The number of benzene rings is 1. The first-order chi connectivity index (χ1) is 12.3. The third kappa shape index (κ3) is 2.62. The predicted octanol–water partition coefficient (Wildman–Crippen LogP) is 3.24. The maximum absolute atomic E-state index is 13.2. The van der Waals surface area contributed by atoms with Crippen LogP contribution in [0.15, 0.2) is 40.9 Å². The number of carbonyl (C=O) groups excluding carboxylic acids is 2. The fourth-order valence-corrected chi connectivity index (χ4v) is 4.62. The third-order valence-corrected chi connectivity index (χ3v) is 6.10. The van der Waals surface area contributed by atoms with Crippen LogP contribution < -0.4 is 0 Å². The first-order valence-electron chi connectivity index (χ1n) is 8.96. The SMILES string of the molecule is CC(C)OC(=O)[C@@H]1[C@H]2C=C[C@@]3(CN([C@H](C)c4ccc(Br)cc4)C(=O)[C@@H]13)O2. The zero-order chi connectivity index (χ0) is 18.6. The molecule has 6 heteroatoms. The lowest BCUT2D eigenvalue weighted by Crippen LogP contribution is -2.40. The summed E-state index contributed by atoms with van der Waals surface area (Å²) >= 11 is 3.44. The number of amides is 1. The number of hydrogen-bond donors (Lipinski definition) is 0. The Labute approximate surface area is 161 Å². The largest absolute Gasteiger partial charge is 0.463 e. The summed E-state index contributed by atoms with van der Waals surface area (Å²) in [7, 11) is 0. The normalized spacial score (nSPS) is 33.0. The monoisotopic (exact) mass is 419 g/mol. The zero-order valence-electron chi connectivity index (χ0n) is 15.0. The molecule has 2 saturated heterocycles. The minimum absolute atomic E-state index is 0.0297. The van der Waals surface area contributed by atoms with E-state index < -0.39 is 17.4 Å². The number of halogens is 1. The van der Waals surface area contributed by atoms with Gasteiger partial charge in [0.05, 0.1) is 30.7 Å². The zero-order valence-corrected chi connectivity index (χ0v) is 16.6. The van der Waals surface area contributed by atoms with Crippen molar-refractivity contribution in [3.8, 4) is 0 Å². The average molecular weight is 420 g/mol. The highest BCUT2D eigenvalue weighted by molar-refractivity contribution is 9.10.